The highest BCUT2D eigenvalue weighted by Gasteiger charge is 2.52. The standard InChI is InChI=1S/C34H33NO6/c1-18-5-7-24(20(3)11-18)33(36)40-29-13-22-9-10-35-16-23-14-27-28(39-17-38-27)15-26(23)30(31(22)35)32(29)41-34(37)25-8-6-19(2)12-21(25)4/h5-8,11-15,29-32H,9-10,16-17H2,1-4H3/t29-,30-,31+,32+/m0/s1. The molecule has 0 bridgehead atoms. The Balaban J connectivity index is 1.31. The van der Waals surface area contributed by atoms with Gasteiger partial charge in [0.25, 0.3) is 0 Å². The molecule has 0 radical (unpaired) electrons. The van der Waals surface area contributed by atoms with Crippen molar-refractivity contribution in [3.63, 3.8) is 0 Å². The lowest BCUT2D eigenvalue weighted by molar-refractivity contribution is -0.0444. The highest BCUT2D eigenvalue weighted by atomic mass is 16.7. The molecule has 3 aromatic carbocycles. The van der Waals surface area contributed by atoms with E-state index in [1.807, 2.05) is 76.2 Å². The van der Waals surface area contributed by atoms with Crippen molar-refractivity contribution in [1.82, 2.24) is 4.90 Å². The van der Waals surface area contributed by atoms with Crippen LogP contribution in [0.3, 0.4) is 0 Å². The Morgan fingerprint density at radius 3 is 2.12 bits per heavy atom. The molecule has 4 aliphatic rings. The van der Waals surface area contributed by atoms with Crippen LogP contribution in [0.1, 0.15) is 66.4 Å². The number of hydrogen-bond acceptors (Lipinski definition) is 7. The Kier molecular flexibility index (Phi) is 6.16. The molecule has 7 heteroatoms. The number of hydrogen-bond donors (Lipinski definition) is 0. The minimum atomic E-state index is -0.745. The fourth-order valence-corrected chi connectivity index (χ4v) is 7.01. The third kappa shape index (κ3) is 4.39. The summed E-state index contributed by atoms with van der Waals surface area (Å²) in [5.74, 6) is 0.341. The molecule has 1 fully saturated rings. The van der Waals surface area contributed by atoms with E-state index in [1.165, 1.54) is 5.57 Å². The zero-order chi connectivity index (χ0) is 28.4. The first-order valence-electron chi connectivity index (χ1n) is 14.2. The summed E-state index contributed by atoms with van der Waals surface area (Å²) in [6.07, 6.45) is 1.43. The topological polar surface area (TPSA) is 74.3 Å². The van der Waals surface area contributed by atoms with Crippen molar-refractivity contribution >= 4 is 11.9 Å². The van der Waals surface area contributed by atoms with E-state index in [9.17, 15) is 9.59 Å². The van der Waals surface area contributed by atoms with Gasteiger partial charge in [-0.2, -0.15) is 0 Å². The SMILES string of the molecule is Cc1ccc(C(=O)O[C@H]2[C@H]3c4cc5c(cc4CN4CCC(=C[C@@H]2OC(=O)c2ccc(C)cc2C)[C@H]34)OCO5)c(C)c1. The Hall–Kier alpha value is -4.10. The molecule has 0 spiro atoms. The van der Waals surface area contributed by atoms with Gasteiger partial charge >= 0.3 is 11.9 Å². The molecule has 0 aromatic heterocycles. The molecule has 0 amide bonds. The van der Waals surface area contributed by atoms with E-state index in [4.69, 9.17) is 18.9 Å². The van der Waals surface area contributed by atoms with E-state index in [0.29, 0.717) is 16.9 Å². The van der Waals surface area contributed by atoms with Crippen LogP contribution in [-0.4, -0.2) is 48.4 Å². The molecule has 7 nitrogen and oxygen atoms in total. The first kappa shape index (κ1) is 25.8. The second-order valence-electron chi connectivity index (χ2n) is 11.7. The minimum absolute atomic E-state index is 0.0517. The van der Waals surface area contributed by atoms with Gasteiger partial charge in [-0.15, -0.1) is 0 Å². The van der Waals surface area contributed by atoms with E-state index in [2.05, 4.69) is 4.90 Å². The number of aryl methyl sites for hydroxylation is 4. The van der Waals surface area contributed by atoms with Gasteiger partial charge in [0.15, 0.2) is 23.7 Å². The van der Waals surface area contributed by atoms with Crippen LogP contribution in [0.4, 0.5) is 0 Å². The van der Waals surface area contributed by atoms with Gasteiger partial charge in [-0.25, -0.2) is 9.59 Å². The fraction of sp³-hybridized carbons (Fsp3) is 0.353. The Morgan fingerprint density at radius 1 is 0.829 bits per heavy atom. The molecule has 7 rings (SSSR count). The van der Waals surface area contributed by atoms with E-state index < -0.39 is 24.1 Å². The summed E-state index contributed by atoms with van der Waals surface area (Å²) >= 11 is 0. The van der Waals surface area contributed by atoms with E-state index in [0.717, 1.165) is 58.6 Å². The molecular weight excluding hydrogens is 518 g/mol. The van der Waals surface area contributed by atoms with E-state index in [1.54, 1.807) is 6.07 Å². The van der Waals surface area contributed by atoms with Crippen LogP contribution >= 0.6 is 0 Å². The smallest absolute Gasteiger partial charge is 0.339 e. The summed E-state index contributed by atoms with van der Waals surface area (Å²) in [5, 5.41) is 0. The van der Waals surface area contributed by atoms with E-state index in [-0.39, 0.29) is 18.8 Å². The second kappa shape index (κ2) is 9.77. The average Bonchev–Trinajstić information content (AvgIpc) is 3.55. The van der Waals surface area contributed by atoms with Crippen molar-refractivity contribution in [1.29, 1.82) is 0 Å². The quantitative estimate of drug-likeness (QED) is 0.304. The number of nitrogens with zero attached hydrogens (tertiary/aromatic N) is 1. The maximum Gasteiger partial charge on any atom is 0.339 e. The van der Waals surface area contributed by atoms with Crippen molar-refractivity contribution in [2.45, 2.75) is 64.8 Å². The summed E-state index contributed by atoms with van der Waals surface area (Å²) in [7, 11) is 0. The van der Waals surface area contributed by atoms with Gasteiger partial charge in [0.05, 0.1) is 11.1 Å². The predicted octanol–water partition coefficient (Wildman–Crippen LogP) is 5.71. The molecule has 3 heterocycles. The van der Waals surface area contributed by atoms with Gasteiger partial charge in [-0.3, -0.25) is 4.90 Å². The zero-order valence-corrected chi connectivity index (χ0v) is 23.7. The number of carbonyl (C=O) groups is 2. The Labute approximate surface area is 239 Å². The van der Waals surface area contributed by atoms with Gasteiger partial charge in [-0.1, -0.05) is 41.0 Å². The maximum atomic E-state index is 13.7. The van der Waals surface area contributed by atoms with Crippen LogP contribution in [0.2, 0.25) is 0 Å². The highest BCUT2D eigenvalue weighted by Crippen LogP contribution is 2.51. The third-order valence-corrected chi connectivity index (χ3v) is 8.91. The summed E-state index contributed by atoms with van der Waals surface area (Å²) < 4.78 is 24.1. The monoisotopic (exact) mass is 551 g/mol. The number of carbonyl (C=O) groups excluding carboxylic acids is 2. The molecule has 0 unspecified atom stereocenters. The van der Waals surface area contributed by atoms with Crippen LogP contribution in [0.5, 0.6) is 11.5 Å². The largest absolute Gasteiger partial charge is 0.454 e. The fourth-order valence-electron chi connectivity index (χ4n) is 7.01. The minimum Gasteiger partial charge on any atom is -0.454 e. The van der Waals surface area contributed by atoms with Crippen LogP contribution in [-0.2, 0) is 16.0 Å². The van der Waals surface area contributed by atoms with Crippen LogP contribution in [0.25, 0.3) is 0 Å². The number of rotatable bonds is 4. The lowest BCUT2D eigenvalue weighted by Crippen LogP contribution is -2.52. The van der Waals surface area contributed by atoms with Gasteiger partial charge in [0, 0.05) is 25.0 Å². The predicted molar refractivity (Wildman–Crippen MR) is 152 cm³/mol. The first-order chi connectivity index (χ1) is 19.8. The van der Waals surface area contributed by atoms with Crippen molar-refractivity contribution in [3.05, 3.63) is 105 Å². The summed E-state index contributed by atoms with van der Waals surface area (Å²) in [6, 6.07) is 15.5. The molecule has 3 aliphatic heterocycles. The summed E-state index contributed by atoms with van der Waals surface area (Å²) in [6.45, 7) is 9.65. The van der Waals surface area contributed by atoms with Gasteiger partial charge < -0.3 is 18.9 Å². The molecule has 4 atom stereocenters. The molecule has 210 valence electrons. The molecule has 1 aliphatic carbocycles. The average molecular weight is 552 g/mol. The lowest BCUT2D eigenvalue weighted by Gasteiger charge is -2.46. The highest BCUT2D eigenvalue weighted by molar-refractivity contribution is 5.92. The summed E-state index contributed by atoms with van der Waals surface area (Å²) in [4.78, 5) is 29.7. The van der Waals surface area contributed by atoms with Crippen molar-refractivity contribution in [2.24, 2.45) is 0 Å². The lowest BCUT2D eigenvalue weighted by atomic mass is 9.73. The molecule has 0 N–H and O–H groups in total. The molecule has 1 saturated heterocycles. The number of fused-ring (bicyclic) bond motifs is 3. The number of benzene rings is 3. The normalized spacial score (nSPS) is 23.9. The van der Waals surface area contributed by atoms with Gasteiger partial charge in [-0.05, 0) is 86.7 Å². The van der Waals surface area contributed by atoms with Crippen LogP contribution in [0.15, 0.2) is 60.2 Å². The maximum absolute atomic E-state index is 13.7. The third-order valence-electron chi connectivity index (χ3n) is 8.91. The first-order valence-corrected chi connectivity index (χ1v) is 14.2. The van der Waals surface area contributed by atoms with Gasteiger partial charge in [0.2, 0.25) is 6.79 Å². The van der Waals surface area contributed by atoms with Crippen LogP contribution in [0, 0.1) is 27.7 Å². The van der Waals surface area contributed by atoms with Crippen LogP contribution < -0.4 is 9.47 Å². The molecule has 3 aromatic rings. The van der Waals surface area contributed by atoms with Crippen molar-refractivity contribution < 1.29 is 28.5 Å². The van der Waals surface area contributed by atoms with Crippen molar-refractivity contribution in [2.75, 3.05) is 13.3 Å². The number of ether oxygens (including phenoxy) is 4. The number of esters is 2. The molecule has 0 saturated carbocycles. The molecular formula is C34H33NO6. The van der Waals surface area contributed by atoms with Gasteiger partial charge in [0.1, 0.15) is 0 Å². The Bertz CT molecular complexity index is 1620. The summed E-state index contributed by atoms with van der Waals surface area (Å²) in [5.41, 5.74) is 8.25. The Morgan fingerprint density at radius 2 is 1.46 bits per heavy atom. The second-order valence-corrected chi connectivity index (χ2v) is 11.7. The molecule has 41 heavy (non-hydrogen) atoms. The van der Waals surface area contributed by atoms with Crippen molar-refractivity contribution in [3.8, 4) is 11.5 Å². The van der Waals surface area contributed by atoms with E-state index >= 15 is 0 Å². The zero-order valence-electron chi connectivity index (χ0n) is 23.7.